The van der Waals surface area contributed by atoms with E-state index < -0.39 is 17.7 Å². The van der Waals surface area contributed by atoms with E-state index in [0.717, 1.165) is 0 Å². The molecule has 126 valence electrons. The largest absolute Gasteiger partial charge is 0.479 e. The first kappa shape index (κ1) is 19.2. The maximum absolute atomic E-state index is 12.3. The Morgan fingerprint density at radius 1 is 1.39 bits per heavy atom. The average molecular weight is 340 g/mol. The van der Waals surface area contributed by atoms with Crippen LogP contribution in [-0.2, 0) is 9.53 Å². The highest BCUT2D eigenvalue weighted by Gasteiger charge is 2.37. The summed E-state index contributed by atoms with van der Waals surface area (Å²) in [7, 11) is 0. The Labute approximate surface area is 142 Å². The lowest BCUT2D eigenvalue weighted by molar-refractivity contribution is -0.162. The molecule has 0 saturated carbocycles. The molecule has 1 heterocycles. The zero-order chi connectivity index (χ0) is 16.2. The molecule has 0 fully saturated rings. The number of aliphatic imine (C=N–C) groups is 1. The molecule has 0 spiro atoms. The molecule has 0 aliphatic carbocycles. The molecule has 1 aromatic rings. The molecule has 0 aromatic heterocycles. The maximum Gasteiger partial charge on any atom is 0.347 e. The Hall–Kier alpha value is -1.85. The molecule has 1 aromatic carbocycles. The van der Waals surface area contributed by atoms with Gasteiger partial charge in [-0.1, -0.05) is 18.2 Å². The fourth-order valence-electron chi connectivity index (χ4n) is 2.13. The van der Waals surface area contributed by atoms with Crippen LogP contribution in [0.15, 0.2) is 47.0 Å². The second kappa shape index (κ2) is 8.13. The fourth-order valence-corrected chi connectivity index (χ4v) is 2.13. The van der Waals surface area contributed by atoms with Crippen LogP contribution in [0.3, 0.4) is 0 Å². The summed E-state index contributed by atoms with van der Waals surface area (Å²) in [6, 6.07) is 8.88. The summed E-state index contributed by atoms with van der Waals surface area (Å²) >= 11 is 0. The number of carbonyl (C=O) groups is 1. The number of carbonyl (C=O) groups excluding carboxylic acids is 1. The number of dihydropyridines is 1. The van der Waals surface area contributed by atoms with E-state index in [2.05, 4.69) is 4.99 Å². The normalized spacial score (nSPS) is 24.2. The Bertz CT molecular complexity index is 588. The Balaban J connectivity index is 0.00000264. The van der Waals surface area contributed by atoms with Gasteiger partial charge in [-0.25, -0.2) is 4.79 Å². The molecule has 1 aliphatic heterocycles. The number of benzene rings is 1. The van der Waals surface area contributed by atoms with Crippen molar-refractivity contribution in [2.45, 2.75) is 38.5 Å². The first-order valence-electron chi connectivity index (χ1n) is 7.25. The van der Waals surface area contributed by atoms with Crippen LogP contribution in [0.5, 0.6) is 5.75 Å². The molecule has 5 nitrogen and oxygen atoms in total. The number of hydrogen-bond donors (Lipinski definition) is 1. The molecule has 2 rings (SSSR count). The van der Waals surface area contributed by atoms with Gasteiger partial charge in [-0.05, 0) is 44.6 Å². The predicted molar refractivity (Wildman–Crippen MR) is 91.4 cm³/mol. The van der Waals surface area contributed by atoms with Gasteiger partial charge < -0.3 is 14.6 Å². The summed E-state index contributed by atoms with van der Waals surface area (Å²) in [5.74, 6) is 0.141. The van der Waals surface area contributed by atoms with Crippen molar-refractivity contribution in [3.63, 3.8) is 0 Å². The molecule has 6 heteroatoms. The van der Waals surface area contributed by atoms with Gasteiger partial charge in [-0.15, -0.1) is 12.4 Å². The topological polar surface area (TPSA) is 68.1 Å². The van der Waals surface area contributed by atoms with Crippen LogP contribution in [-0.4, -0.2) is 41.6 Å². The molecular weight excluding hydrogens is 318 g/mol. The van der Waals surface area contributed by atoms with Crippen LogP contribution in [0.25, 0.3) is 0 Å². The summed E-state index contributed by atoms with van der Waals surface area (Å²) in [6.07, 6.45) is 2.60. The second-order valence-electron chi connectivity index (χ2n) is 5.51. The van der Waals surface area contributed by atoms with Crippen LogP contribution in [0.2, 0.25) is 0 Å². The van der Waals surface area contributed by atoms with Crippen LogP contribution in [0, 0.1) is 0 Å². The highest BCUT2D eigenvalue weighted by molar-refractivity contribution is 5.85. The van der Waals surface area contributed by atoms with Gasteiger partial charge in [0.25, 0.3) is 0 Å². The Morgan fingerprint density at radius 3 is 2.65 bits per heavy atom. The van der Waals surface area contributed by atoms with Gasteiger partial charge in [0.05, 0.1) is 12.6 Å². The first-order chi connectivity index (χ1) is 10.4. The molecule has 23 heavy (non-hydrogen) atoms. The van der Waals surface area contributed by atoms with Crippen molar-refractivity contribution in [3.8, 4) is 5.75 Å². The lowest BCUT2D eigenvalue weighted by Gasteiger charge is -2.34. The summed E-state index contributed by atoms with van der Waals surface area (Å²) in [5.41, 5.74) is -0.261. The monoisotopic (exact) mass is 339 g/mol. The number of rotatable bonds is 5. The number of hydrogen-bond acceptors (Lipinski definition) is 5. The van der Waals surface area contributed by atoms with Crippen LogP contribution >= 0.6 is 12.4 Å². The molecule has 3 atom stereocenters. The minimum atomic E-state index is -0.891. The third-order valence-corrected chi connectivity index (χ3v) is 3.66. The van der Waals surface area contributed by atoms with Crippen LogP contribution in [0.1, 0.15) is 20.8 Å². The number of aliphatic hydroxyl groups is 1. The first-order valence-corrected chi connectivity index (χ1v) is 7.25. The molecular formula is C17H22ClNO4. The molecule has 0 bridgehead atoms. The molecule has 0 saturated heterocycles. The standard InChI is InChI=1S/C17H21NO4.ClH/c1-12(21-15-7-5-4-6-8-15)16(20)22-17(3)9-14(11-19)10-18-13(17)2;/h4-10,12-13,19H,11H2,1-3H3;1H. The van der Waals surface area contributed by atoms with Gasteiger partial charge in [0.15, 0.2) is 11.7 Å². The van der Waals surface area contributed by atoms with E-state index in [1.807, 2.05) is 25.1 Å². The van der Waals surface area contributed by atoms with Crippen molar-refractivity contribution in [2.24, 2.45) is 4.99 Å². The van der Waals surface area contributed by atoms with Crippen LogP contribution in [0.4, 0.5) is 0 Å². The summed E-state index contributed by atoms with van der Waals surface area (Å²) in [6.45, 7) is 5.14. The van der Waals surface area contributed by atoms with E-state index in [9.17, 15) is 9.90 Å². The van der Waals surface area contributed by atoms with Gasteiger partial charge in [0.1, 0.15) is 5.75 Å². The highest BCUT2D eigenvalue weighted by Crippen LogP contribution is 2.26. The zero-order valence-electron chi connectivity index (χ0n) is 13.4. The highest BCUT2D eigenvalue weighted by atomic mass is 35.5. The van der Waals surface area contributed by atoms with E-state index >= 15 is 0 Å². The van der Waals surface area contributed by atoms with Crippen molar-refractivity contribution in [2.75, 3.05) is 6.61 Å². The van der Waals surface area contributed by atoms with Crippen LogP contribution < -0.4 is 4.74 Å². The van der Waals surface area contributed by atoms with Gasteiger partial charge in [0.2, 0.25) is 0 Å². The van der Waals surface area contributed by atoms with Gasteiger partial charge >= 0.3 is 5.97 Å². The van der Waals surface area contributed by atoms with Crippen molar-refractivity contribution in [3.05, 3.63) is 42.0 Å². The number of halogens is 1. The number of esters is 1. The van der Waals surface area contributed by atoms with E-state index in [1.54, 1.807) is 38.3 Å². The summed E-state index contributed by atoms with van der Waals surface area (Å²) in [5, 5.41) is 9.22. The predicted octanol–water partition coefficient (Wildman–Crippen LogP) is 2.57. The second-order valence-corrected chi connectivity index (χ2v) is 5.51. The molecule has 0 amide bonds. The van der Waals surface area contributed by atoms with Gasteiger partial charge in [-0.3, -0.25) is 4.99 Å². The number of para-hydroxylation sites is 1. The number of ether oxygens (including phenoxy) is 2. The third-order valence-electron chi connectivity index (χ3n) is 3.66. The van der Waals surface area contributed by atoms with Gasteiger partial charge in [-0.2, -0.15) is 0 Å². The van der Waals surface area contributed by atoms with Gasteiger partial charge in [0, 0.05) is 6.21 Å². The lowest BCUT2D eigenvalue weighted by Crippen LogP contribution is -2.44. The van der Waals surface area contributed by atoms with Crippen molar-refractivity contribution in [1.29, 1.82) is 0 Å². The van der Waals surface area contributed by atoms with Crippen molar-refractivity contribution >= 4 is 24.6 Å². The van der Waals surface area contributed by atoms with Crippen molar-refractivity contribution < 1.29 is 19.4 Å². The molecule has 3 unspecified atom stereocenters. The zero-order valence-corrected chi connectivity index (χ0v) is 14.2. The van der Waals surface area contributed by atoms with E-state index in [0.29, 0.717) is 11.3 Å². The SMILES string of the molecule is CC(Oc1ccccc1)C(=O)OC1(C)C=C(CO)C=NC1C.Cl. The molecule has 0 radical (unpaired) electrons. The van der Waals surface area contributed by atoms with E-state index in [4.69, 9.17) is 9.47 Å². The summed E-state index contributed by atoms with van der Waals surface area (Å²) < 4.78 is 11.2. The Kier molecular flexibility index (Phi) is 6.79. The van der Waals surface area contributed by atoms with E-state index in [1.165, 1.54) is 0 Å². The average Bonchev–Trinajstić information content (AvgIpc) is 2.51. The fraction of sp³-hybridized carbons (Fsp3) is 0.412. The minimum absolute atomic E-state index is 0. The Morgan fingerprint density at radius 2 is 2.04 bits per heavy atom. The van der Waals surface area contributed by atoms with Crippen molar-refractivity contribution in [1.82, 2.24) is 0 Å². The summed E-state index contributed by atoms with van der Waals surface area (Å²) in [4.78, 5) is 16.5. The quantitative estimate of drug-likeness (QED) is 0.837. The number of aliphatic hydroxyl groups excluding tert-OH is 1. The lowest BCUT2D eigenvalue weighted by atomic mass is 9.92. The van der Waals surface area contributed by atoms with E-state index in [-0.39, 0.29) is 25.1 Å². The molecule has 1 aliphatic rings. The smallest absolute Gasteiger partial charge is 0.347 e. The molecule has 1 N–H and O–H groups in total. The number of nitrogens with zero attached hydrogens (tertiary/aromatic N) is 1. The third kappa shape index (κ3) is 4.81. The maximum atomic E-state index is 12.3. The minimum Gasteiger partial charge on any atom is -0.479 e.